The van der Waals surface area contributed by atoms with Crippen molar-refractivity contribution in [2.45, 2.75) is 19.4 Å². The third kappa shape index (κ3) is 4.33. The first kappa shape index (κ1) is 11.0. The van der Waals surface area contributed by atoms with Gasteiger partial charge in [0.15, 0.2) is 5.60 Å². The molecule has 0 rings (SSSR count). The first-order chi connectivity index (χ1) is 2.94. The molecule has 1 radical (unpaired) electrons. The van der Waals surface area contributed by atoms with E-state index >= 15 is 0 Å². The zero-order chi connectivity index (χ0) is 6.08. The molecule has 3 nitrogen and oxygen atoms in total. The molecule has 0 saturated heterocycles. The van der Waals surface area contributed by atoms with E-state index in [4.69, 9.17) is 10.2 Å². The molecule has 0 unspecified atom stereocenters. The van der Waals surface area contributed by atoms with Crippen LogP contribution < -0.4 is 0 Å². The smallest absolute Gasteiger partial charge is 0.335 e. The summed E-state index contributed by atoms with van der Waals surface area (Å²) >= 11 is 0. The molecule has 0 atom stereocenters. The minimum absolute atomic E-state index is 0. The van der Waals surface area contributed by atoms with Crippen LogP contribution in [0.1, 0.15) is 13.8 Å². The fourth-order valence-electron chi connectivity index (χ4n) is 0. The zero-order valence-corrected chi connectivity index (χ0v) is 6.09. The Bertz CT molecular complexity index is 83.8. The fraction of sp³-hybridized carbons (Fsp3) is 0.750. The van der Waals surface area contributed by atoms with Gasteiger partial charge in [-0.25, -0.2) is 4.79 Å². The van der Waals surface area contributed by atoms with Crippen LogP contribution in [0.5, 0.6) is 0 Å². The van der Waals surface area contributed by atoms with Gasteiger partial charge < -0.3 is 10.2 Å². The second-order valence-corrected chi connectivity index (χ2v) is 1.86. The van der Waals surface area contributed by atoms with E-state index < -0.39 is 11.6 Å². The Hall–Kier alpha value is 0.170. The number of aliphatic hydroxyl groups is 1. The minimum atomic E-state index is -1.58. The van der Waals surface area contributed by atoms with Crippen LogP contribution in [-0.2, 0) is 27.2 Å². The van der Waals surface area contributed by atoms with Crippen molar-refractivity contribution < 1.29 is 37.4 Å². The minimum Gasteiger partial charge on any atom is -0.479 e. The van der Waals surface area contributed by atoms with Crippen molar-refractivity contribution in [1.29, 1.82) is 0 Å². The van der Waals surface area contributed by atoms with Gasteiger partial charge in [-0.2, -0.15) is 0 Å². The molecule has 0 fully saturated rings. The molecule has 0 aromatic rings. The zero-order valence-electron chi connectivity index (χ0n) is 4.60. The van der Waals surface area contributed by atoms with E-state index in [-0.39, 0.29) is 22.4 Å². The molecule has 0 aliphatic rings. The maximum Gasteiger partial charge on any atom is 0.335 e. The number of carboxylic acid groups (broad SMARTS) is 1. The fourth-order valence-corrected chi connectivity index (χ4v) is 0. The average Bonchev–Trinajstić information content (AvgIpc) is 1.31. The van der Waals surface area contributed by atoms with Crippen molar-refractivity contribution in [1.82, 2.24) is 0 Å². The number of hydrogen-bond acceptors (Lipinski definition) is 2. The largest absolute Gasteiger partial charge is 0.479 e. The van der Waals surface area contributed by atoms with Crippen molar-refractivity contribution in [2.24, 2.45) is 0 Å². The summed E-state index contributed by atoms with van der Waals surface area (Å²) < 4.78 is 0. The van der Waals surface area contributed by atoms with Crippen LogP contribution in [0.3, 0.4) is 0 Å². The molecule has 0 amide bonds. The van der Waals surface area contributed by atoms with Gasteiger partial charge in [-0.05, 0) is 13.8 Å². The predicted octanol–water partition coefficient (Wildman–Crippen LogP) is -0.161. The summed E-state index contributed by atoms with van der Waals surface area (Å²) in [5.41, 5.74) is -1.58. The van der Waals surface area contributed by atoms with E-state index in [0.717, 1.165) is 0 Å². The Morgan fingerprint density at radius 2 is 1.62 bits per heavy atom. The van der Waals surface area contributed by atoms with Crippen LogP contribution in [0.2, 0.25) is 0 Å². The summed E-state index contributed by atoms with van der Waals surface area (Å²) in [7, 11) is 0. The van der Waals surface area contributed by atoms with Crippen LogP contribution in [0.4, 0.5) is 0 Å². The third-order valence-corrected chi connectivity index (χ3v) is 0.523. The van der Waals surface area contributed by atoms with Gasteiger partial charge in [-0.3, -0.25) is 0 Å². The quantitative estimate of drug-likeness (QED) is 0.593. The normalized spacial score (nSPS) is 9.88. The second-order valence-electron chi connectivity index (χ2n) is 1.86. The summed E-state index contributed by atoms with van der Waals surface area (Å²) in [5.74, 6) is -1.20. The third-order valence-electron chi connectivity index (χ3n) is 0.523. The Labute approximate surface area is 63.2 Å². The monoisotopic (exact) mass is 211 g/mol. The summed E-state index contributed by atoms with van der Waals surface area (Å²) in [6.07, 6.45) is 0. The Morgan fingerprint density at radius 1 is 1.50 bits per heavy atom. The summed E-state index contributed by atoms with van der Waals surface area (Å²) in [5, 5.41) is 16.5. The first-order valence-electron chi connectivity index (χ1n) is 1.90. The van der Waals surface area contributed by atoms with Gasteiger partial charge in [0.2, 0.25) is 0 Å². The number of rotatable bonds is 1. The molecule has 53 valence electrons. The molecule has 8 heavy (non-hydrogen) atoms. The molecule has 0 bridgehead atoms. The number of aliphatic carboxylic acids is 1. The van der Waals surface area contributed by atoms with Gasteiger partial charge in [-0.15, -0.1) is 0 Å². The summed E-state index contributed by atoms with van der Waals surface area (Å²) in [6.45, 7) is 2.44. The van der Waals surface area contributed by atoms with E-state index in [1.807, 2.05) is 0 Å². The molecule has 4 heteroatoms. The number of hydrogen-bond donors (Lipinski definition) is 2. The summed E-state index contributed by atoms with van der Waals surface area (Å²) in [6, 6.07) is 0. The molecule has 0 aliphatic heterocycles. The second kappa shape index (κ2) is 3.25. The van der Waals surface area contributed by atoms with E-state index in [9.17, 15) is 4.79 Å². The van der Waals surface area contributed by atoms with Crippen molar-refractivity contribution in [2.75, 3.05) is 0 Å². The van der Waals surface area contributed by atoms with E-state index in [1.165, 1.54) is 13.8 Å². The molecule has 0 aliphatic carbocycles. The van der Waals surface area contributed by atoms with Crippen LogP contribution in [-0.4, -0.2) is 21.8 Å². The van der Waals surface area contributed by atoms with Crippen molar-refractivity contribution in [3.63, 3.8) is 0 Å². The topological polar surface area (TPSA) is 57.5 Å². The molecular weight excluding hydrogens is 204 g/mol. The summed E-state index contributed by atoms with van der Waals surface area (Å²) in [4.78, 5) is 9.77. The molecule has 2 N–H and O–H groups in total. The SMILES string of the molecule is CC(C)(O)C(=O)O.[Ag]. The van der Waals surface area contributed by atoms with E-state index in [1.54, 1.807) is 0 Å². The molecule has 0 spiro atoms. The molecule has 0 saturated carbocycles. The maximum absolute atomic E-state index is 9.77. The van der Waals surface area contributed by atoms with Gasteiger partial charge in [0.1, 0.15) is 0 Å². The van der Waals surface area contributed by atoms with Gasteiger partial charge >= 0.3 is 5.97 Å². The standard InChI is InChI=1S/C4H8O3.Ag/c1-4(2,7)3(5)6;/h7H,1-2H3,(H,5,6);. The first-order valence-corrected chi connectivity index (χ1v) is 1.90. The van der Waals surface area contributed by atoms with Crippen LogP contribution in [0.15, 0.2) is 0 Å². The molecule has 0 heterocycles. The predicted molar refractivity (Wildman–Crippen MR) is 23.9 cm³/mol. The van der Waals surface area contributed by atoms with Crippen molar-refractivity contribution >= 4 is 5.97 Å². The van der Waals surface area contributed by atoms with E-state index in [2.05, 4.69) is 0 Å². The van der Waals surface area contributed by atoms with Crippen LogP contribution in [0, 0.1) is 0 Å². The van der Waals surface area contributed by atoms with Gasteiger partial charge in [0.25, 0.3) is 0 Å². The number of carbonyl (C=O) groups is 1. The Kier molecular flexibility index (Phi) is 4.48. The van der Waals surface area contributed by atoms with Crippen LogP contribution in [0.25, 0.3) is 0 Å². The molecular formula is C4H8AgO3. The molecule has 0 aromatic carbocycles. The Morgan fingerprint density at radius 3 is 1.62 bits per heavy atom. The van der Waals surface area contributed by atoms with Crippen molar-refractivity contribution in [3.8, 4) is 0 Å². The Balaban J connectivity index is 0. The maximum atomic E-state index is 9.77. The average molecular weight is 212 g/mol. The van der Waals surface area contributed by atoms with Gasteiger partial charge in [0, 0.05) is 22.4 Å². The van der Waals surface area contributed by atoms with Crippen LogP contribution >= 0.6 is 0 Å². The van der Waals surface area contributed by atoms with Gasteiger partial charge in [0.05, 0.1) is 0 Å². The molecule has 0 aromatic heterocycles. The van der Waals surface area contributed by atoms with Crippen molar-refractivity contribution in [3.05, 3.63) is 0 Å². The number of carboxylic acids is 1. The van der Waals surface area contributed by atoms with Gasteiger partial charge in [-0.1, -0.05) is 0 Å². The van der Waals surface area contributed by atoms with E-state index in [0.29, 0.717) is 0 Å².